The molecule has 9 heteroatoms. The molecule has 0 bridgehead atoms. The van der Waals surface area contributed by atoms with E-state index in [1.807, 2.05) is 60.8 Å². The van der Waals surface area contributed by atoms with Crippen molar-refractivity contribution in [2.45, 2.75) is 44.7 Å². The van der Waals surface area contributed by atoms with Gasteiger partial charge in [-0.25, -0.2) is 0 Å². The Bertz CT molecular complexity index is 1380. The number of carbonyl (C=O) groups is 3. The van der Waals surface area contributed by atoms with E-state index >= 15 is 0 Å². The van der Waals surface area contributed by atoms with Crippen LogP contribution < -0.4 is 14.4 Å². The first-order chi connectivity index (χ1) is 19.0. The van der Waals surface area contributed by atoms with E-state index in [0.29, 0.717) is 11.5 Å². The van der Waals surface area contributed by atoms with Crippen molar-refractivity contribution in [3.8, 4) is 17.2 Å². The summed E-state index contributed by atoms with van der Waals surface area (Å²) < 4.78 is 18.3. The number of rotatable bonds is 10. The molecule has 5 rings (SSSR count). The normalized spacial score (nSPS) is 15.7. The van der Waals surface area contributed by atoms with Gasteiger partial charge < -0.3 is 23.7 Å². The number of aromatic nitrogens is 1. The van der Waals surface area contributed by atoms with Crippen LogP contribution in [0.2, 0.25) is 0 Å². The molecule has 204 valence electrons. The summed E-state index contributed by atoms with van der Waals surface area (Å²) in [7, 11) is 3.20. The summed E-state index contributed by atoms with van der Waals surface area (Å²) in [5, 5.41) is 0. The fourth-order valence-electron chi connectivity index (χ4n) is 5.22. The number of nitrogens with zero attached hydrogens (tertiary/aromatic N) is 3. The summed E-state index contributed by atoms with van der Waals surface area (Å²) in [6.07, 6.45) is 3.66. The molecule has 2 amide bonds. The molecule has 9 nitrogen and oxygen atoms in total. The number of para-hydroxylation sites is 2. The average molecular weight is 532 g/mol. The molecule has 3 aromatic rings. The fourth-order valence-corrected chi connectivity index (χ4v) is 5.22. The molecular weight excluding hydrogens is 498 g/mol. The number of methoxy groups -OCH3 is 2. The standard InChI is InChI=1S/C30H33N3O6/c1-4-39-29(36)16-15-27(34)32(20-11-12-20)19-28(35)33-24-9-6-5-8-23(24)31-17-7-10-25(31)30(33)22-18-21(37-2)13-14-26(22)38-3/h5-10,13-14,17-18,20,30H,4,11-12,15-16,19H2,1-3H3. The maximum absolute atomic E-state index is 14.3. The minimum absolute atomic E-state index is 0.00246. The molecule has 2 aromatic carbocycles. The van der Waals surface area contributed by atoms with E-state index in [9.17, 15) is 14.4 Å². The number of hydrogen-bond donors (Lipinski definition) is 0. The monoisotopic (exact) mass is 531 g/mol. The molecule has 1 aromatic heterocycles. The molecule has 1 atom stereocenters. The minimum Gasteiger partial charge on any atom is -0.497 e. The van der Waals surface area contributed by atoms with Crippen LogP contribution >= 0.6 is 0 Å². The highest BCUT2D eigenvalue weighted by molar-refractivity contribution is 6.00. The second kappa shape index (κ2) is 11.2. The fraction of sp³-hybridized carbons (Fsp3) is 0.367. The summed E-state index contributed by atoms with van der Waals surface area (Å²) in [5.74, 6) is 0.410. The molecular formula is C30H33N3O6. The molecule has 1 unspecified atom stereocenters. The van der Waals surface area contributed by atoms with E-state index in [1.54, 1.807) is 30.9 Å². The van der Waals surface area contributed by atoms with Crippen LogP contribution in [-0.2, 0) is 19.1 Å². The van der Waals surface area contributed by atoms with Crippen molar-refractivity contribution in [1.82, 2.24) is 9.47 Å². The second-order valence-electron chi connectivity index (χ2n) is 9.62. The van der Waals surface area contributed by atoms with E-state index in [0.717, 1.165) is 35.5 Å². The zero-order valence-electron chi connectivity index (χ0n) is 22.5. The van der Waals surface area contributed by atoms with Crippen molar-refractivity contribution in [1.29, 1.82) is 0 Å². The van der Waals surface area contributed by atoms with Crippen LogP contribution in [0, 0.1) is 0 Å². The van der Waals surface area contributed by atoms with E-state index in [-0.39, 0.29) is 43.8 Å². The van der Waals surface area contributed by atoms with Gasteiger partial charge in [0.05, 0.1) is 44.3 Å². The van der Waals surface area contributed by atoms with Crippen molar-refractivity contribution in [3.05, 3.63) is 72.1 Å². The summed E-state index contributed by atoms with van der Waals surface area (Å²) in [5.41, 5.74) is 3.26. The summed E-state index contributed by atoms with van der Waals surface area (Å²) >= 11 is 0. The largest absolute Gasteiger partial charge is 0.497 e. The number of hydrogen-bond acceptors (Lipinski definition) is 6. The van der Waals surface area contributed by atoms with Crippen LogP contribution in [0.25, 0.3) is 5.69 Å². The van der Waals surface area contributed by atoms with E-state index in [2.05, 4.69) is 4.57 Å². The van der Waals surface area contributed by atoms with Gasteiger partial charge in [-0.15, -0.1) is 0 Å². The van der Waals surface area contributed by atoms with Gasteiger partial charge in [0.2, 0.25) is 11.8 Å². The Morgan fingerprint density at radius 3 is 2.41 bits per heavy atom. The van der Waals surface area contributed by atoms with Crippen LogP contribution in [0.3, 0.4) is 0 Å². The Balaban J connectivity index is 1.53. The van der Waals surface area contributed by atoms with Gasteiger partial charge in [0.1, 0.15) is 24.1 Å². The molecule has 2 aliphatic rings. The third-order valence-corrected chi connectivity index (χ3v) is 7.18. The molecule has 1 aliphatic carbocycles. The topological polar surface area (TPSA) is 90.3 Å². The zero-order chi connectivity index (χ0) is 27.5. The second-order valence-corrected chi connectivity index (χ2v) is 9.62. The summed E-state index contributed by atoms with van der Waals surface area (Å²) in [6, 6.07) is 16.7. The first-order valence-corrected chi connectivity index (χ1v) is 13.2. The Kier molecular flexibility index (Phi) is 7.58. The van der Waals surface area contributed by atoms with E-state index in [1.165, 1.54) is 0 Å². The maximum atomic E-state index is 14.3. The molecule has 0 spiro atoms. The predicted molar refractivity (Wildman–Crippen MR) is 145 cm³/mol. The number of esters is 1. The van der Waals surface area contributed by atoms with Crippen molar-refractivity contribution >= 4 is 23.5 Å². The predicted octanol–water partition coefficient (Wildman–Crippen LogP) is 4.26. The zero-order valence-corrected chi connectivity index (χ0v) is 22.5. The number of carbonyl (C=O) groups excluding carboxylic acids is 3. The third kappa shape index (κ3) is 5.21. The lowest BCUT2D eigenvalue weighted by atomic mass is 9.96. The molecule has 0 radical (unpaired) electrons. The van der Waals surface area contributed by atoms with Gasteiger partial charge >= 0.3 is 5.97 Å². The van der Waals surface area contributed by atoms with Gasteiger partial charge in [0.25, 0.3) is 0 Å². The molecule has 1 saturated carbocycles. The average Bonchev–Trinajstić information content (AvgIpc) is 3.68. The van der Waals surface area contributed by atoms with Crippen LogP contribution in [0.1, 0.15) is 49.9 Å². The van der Waals surface area contributed by atoms with E-state index < -0.39 is 12.0 Å². The third-order valence-electron chi connectivity index (χ3n) is 7.18. The molecule has 0 N–H and O–H groups in total. The SMILES string of the molecule is CCOC(=O)CCC(=O)N(CC(=O)N1c2ccccc2-n2cccc2C1c1cc(OC)ccc1OC)C1CC1. The molecule has 0 saturated heterocycles. The van der Waals surface area contributed by atoms with Crippen molar-refractivity contribution in [3.63, 3.8) is 0 Å². The number of amides is 2. The van der Waals surface area contributed by atoms with Crippen molar-refractivity contribution in [2.24, 2.45) is 0 Å². The van der Waals surface area contributed by atoms with Crippen LogP contribution in [0.15, 0.2) is 60.8 Å². The van der Waals surface area contributed by atoms with Crippen LogP contribution in [-0.4, -0.2) is 60.7 Å². The Labute approximate surface area is 227 Å². The van der Waals surface area contributed by atoms with Gasteiger partial charge in [-0.2, -0.15) is 0 Å². The highest BCUT2D eigenvalue weighted by Crippen LogP contribution is 2.45. The smallest absolute Gasteiger partial charge is 0.306 e. The van der Waals surface area contributed by atoms with Crippen molar-refractivity contribution < 1.29 is 28.6 Å². The summed E-state index contributed by atoms with van der Waals surface area (Å²) in [4.78, 5) is 42.7. The number of anilines is 1. The van der Waals surface area contributed by atoms with E-state index in [4.69, 9.17) is 14.2 Å². The van der Waals surface area contributed by atoms with Gasteiger partial charge in [0.15, 0.2) is 0 Å². The van der Waals surface area contributed by atoms with Crippen molar-refractivity contribution in [2.75, 3.05) is 32.3 Å². The van der Waals surface area contributed by atoms with Gasteiger partial charge in [0, 0.05) is 24.2 Å². The highest BCUT2D eigenvalue weighted by atomic mass is 16.5. The number of fused-ring (bicyclic) bond motifs is 3. The summed E-state index contributed by atoms with van der Waals surface area (Å²) in [6.45, 7) is 1.91. The number of ether oxygens (including phenoxy) is 3. The lowest BCUT2D eigenvalue weighted by Gasteiger charge is -2.40. The lowest BCUT2D eigenvalue weighted by Crippen LogP contribution is -2.47. The van der Waals surface area contributed by atoms with Gasteiger partial charge in [-0.3, -0.25) is 19.3 Å². The maximum Gasteiger partial charge on any atom is 0.306 e. The Morgan fingerprint density at radius 1 is 0.949 bits per heavy atom. The minimum atomic E-state index is -0.525. The Hall–Kier alpha value is -4.27. The Morgan fingerprint density at radius 2 is 1.72 bits per heavy atom. The molecule has 39 heavy (non-hydrogen) atoms. The molecule has 1 fully saturated rings. The molecule has 2 heterocycles. The quantitative estimate of drug-likeness (QED) is 0.363. The number of benzene rings is 2. The van der Waals surface area contributed by atoms with Crippen LogP contribution in [0.4, 0.5) is 5.69 Å². The first kappa shape index (κ1) is 26.3. The first-order valence-electron chi connectivity index (χ1n) is 13.2. The van der Waals surface area contributed by atoms with Gasteiger partial charge in [-0.05, 0) is 62.2 Å². The molecule has 1 aliphatic heterocycles. The lowest BCUT2D eigenvalue weighted by molar-refractivity contribution is -0.146. The van der Waals surface area contributed by atoms with Gasteiger partial charge in [-0.1, -0.05) is 12.1 Å². The van der Waals surface area contributed by atoms with Crippen LogP contribution in [0.5, 0.6) is 11.5 Å². The highest BCUT2D eigenvalue weighted by Gasteiger charge is 2.41.